The van der Waals surface area contributed by atoms with E-state index in [-0.39, 0.29) is 16.5 Å². The summed E-state index contributed by atoms with van der Waals surface area (Å²) in [5.74, 6) is 7.01. The SMILES string of the molecule is CCCCCCCCCCCCCCCCCCCCCCCCCCC#CC(=N\c1cc(C)cc(C)c1)/C(CCCC)=N/c1cc(C)cc(C)c1.[Ni]. The van der Waals surface area contributed by atoms with Crippen molar-refractivity contribution in [1.29, 1.82) is 0 Å². The zero-order chi connectivity index (χ0) is 37.5. The average molecular weight is 768 g/mol. The van der Waals surface area contributed by atoms with Gasteiger partial charge < -0.3 is 0 Å². The monoisotopic (exact) mass is 767 g/mol. The first-order valence-corrected chi connectivity index (χ1v) is 22.2. The fourth-order valence-electron chi connectivity index (χ4n) is 7.37. The van der Waals surface area contributed by atoms with Crippen LogP contribution in [-0.2, 0) is 16.5 Å². The van der Waals surface area contributed by atoms with Crippen LogP contribution in [0.3, 0.4) is 0 Å². The Morgan fingerprint density at radius 1 is 0.415 bits per heavy atom. The molecule has 2 rings (SSSR count). The van der Waals surface area contributed by atoms with Crippen molar-refractivity contribution in [3.05, 3.63) is 58.7 Å². The molecule has 53 heavy (non-hydrogen) atoms. The van der Waals surface area contributed by atoms with E-state index in [1.165, 1.54) is 176 Å². The molecule has 0 unspecified atom stereocenters. The first-order chi connectivity index (χ1) is 25.4. The molecule has 0 spiro atoms. The molecule has 300 valence electrons. The molecule has 0 fully saturated rings. The number of aliphatic imine (C=N–C) groups is 2. The number of rotatable bonds is 30. The summed E-state index contributed by atoms with van der Waals surface area (Å²) in [6, 6.07) is 13.1. The van der Waals surface area contributed by atoms with E-state index in [2.05, 4.69) is 89.8 Å². The molecule has 0 saturated carbocycles. The second kappa shape index (κ2) is 33.2. The number of unbranched alkanes of at least 4 members (excludes halogenated alkanes) is 25. The van der Waals surface area contributed by atoms with Gasteiger partial charge in [0.25, 0.3) is 0 Å². The van der Waals surface area contributed by atoms with Gasteiger partial charge in [-0.15, -0.1) is 0 Å². The summed E-state index contributed by atoms with van der Waals surface area (Å²) < 4.78 is 0. The van der Waals surface area contributed by atoms with Crippen molar-refractivity contribution in [2.45, 2.75) is 221 Å². The van der Waals surface area contributed by atoms with E-state index < -0.39 is 0 Å². The predicted octanol–water partition coefficient (Wildman–Crippen LogP) is 16.7. The Hall–Kier alpha value is -2.17. The minimum absolute atomic E-state index is 0. The van der Waals surface area contributed by atoms with E-state index in [1.54, 1.807) is 0 Å². The van der Waals surface area contributed by atoms with Crippen LogP contribution in [0.5, 0.6) is 0 Å². The van der Waals surface area contributed by atoms with Gasteiger partial charge in [-0.25, -0.2) is 4.99 Å². The zero-order valence-corrected chi connectivity index (χ0v) is 36.5. The summed E-state index contributed by atoms with van der Waals surface area (Å²) in [6.07, 6.45) is 38.1. The van der Waals surface area contributed by atoms with E-state index in [4.69, 9.17) is 9.98 Å². The van der Waals surface area contributed by atoms with Crippen molar-refractivity contribution in [3.8, 4) is 11.8 Å². The maximum Gasteiger partial charge on any atom is 0.135 e. The van der Waals surface area contributed by atoms with Crippen LogP contribution in [0.2, 0.25) is 0 Å². The maximum atomic E-state index is 5.16. The zero-order valence-electron chi connectivity index (χ0n) is 35.5. The summed E-state index contributed by atoms with van der Waals surface area (Å²) in [7, 11) is 0. The first-order valence-electron chi connectivity index (χ1n) is 22.2. The summed E-state index contributed by atoms with van der Waals surface area (Å²) in [6.45, 7) is 13.1. The van der Waals surface area contributed by atoms with Crippen LogP contribution in [0.1, 0.15) is 216 Å². The Balaban J connectivity index is 0.0000140. The maximum absolute atomic E-state index is 5.16. The molecule has 2 aromatic rings. The number of aryl methyl sites for hydroxylation is 4. The molecular formula is C50H80N2Ni. The van der Waals surface area contributed by atoms with Gasteiger partial charge in [-0.05, 0) is 99.4 Å². The molecule has 3 heteroatoms. The minimum Gasteiger partial charge on any atom is -0.250 e. The Bertz CT molecular complexity index is 1290. The molecule has 0 aliphatic rings. The Morgan fingerprint density at radius 3 is 1.09 bits per heavy atom. The Labute approximate surface area is 339 Å². The summed E-state index contributed by atoms with van der Waals surface area (Å²) in [5.41, 5.74) is 8.76. The smallest absolute Gasteiger partial charge is 0.135 e. The van der Waals surface area contributed by atoms with Gasteiger partial charge in [0.1, 0.15) is 5.71 Å². The predicted molar refractivity (Wildman–Crippen MR) is 234 cm³/mol. The van der Waals surface area contributed by atoms with Crippen LogP contribution >= 0.6 is 0 Å². The molecule has 0 aromatic heterocycles. The van der Waals surface area contributed by atoms with Gasteiger partial charge in [-0.1, -0.05) is 186 Å². The standard InChI is InChI=1S/C50H80N2.Ni/c1-7-9-11-12-13-14-15-16-17-18-19-20-21-22-23-24-25-26-27-28-29-30-31-32-33-34-36-50(52-48-41-45(5)38-46(6)42-48)49(35-10-8-2)51-47-39-43(3)37-44(4)40-47;/h37-42H,7-33,35H2,1-6H3;/b51-49+,52-50+;. The van der Waals surface area contributed by atoms with Crippen LogP contribution in [-0.4, -0.2) is 11.4 Å². The van der Waals surface area contributed by atoms with E-state index in [1.807, 2.05) is 0 Å². The van der Waals surface area contributed by atoms with E-state index in [9.17, 15) is 0 Å². The van der Waals surface area contributed by atoms with Crippen molar-refractivity contribution < 1.29 is 16.5 Å². The summed E-state index contributed by atoms with van der Waals surface area (Å²) in [5, 5.41) is 0. The van der Waals surface area contributed by atoms with Crippen molar-refractivity contribution in [2.75, 3.05) is 0 Å². The third-order valence-corrected chi connectivity index (χ3v) is 10.3. The number of benzene rings is 2. The second-order valence-corrected chi connectivity index (χ2v) is 16.0. The molecule has 0 atom stereocenters. The van der Waals surface area contributed by atoms with Crippen molar-refractivity contribution in [1.82, 2.24) is 0 Å². The van der Waals surface area contributed by atoms with Crippen LogP contribution in [0.15, 0.2) is 46.4 Å². The normalized spacial score (nSPS) is 11.7. The molecule has 0 aliphatic carbocycles. The molecule has 0 heterocycles. The Morgan fingerprint density at radius 2 is 0.736 bits per heavy atom. The van der Waals surface area contributed by atoms with Crippen LogP contribution < -0.4 is 0 Å². The van der Waals surface area contributed by atoms with Crippen LogP contribution in [0.4, 0.5) is 11.4 Å². The van der Waals surface area contributed by atoms with Gasteiger partial charge in [0.05, 0.1) is 17.1 Å². The van der Waals surface area contributed by atoms with Crippen molar-refractivity contribution in [2.24, 2.45) is 9.98 Å². The van der Waals surface area contributed by atoms with Gasteiger partial charge in [-0.2, -0.15) is 0 Å². The first kappa shape index (κ1) is 48.9. The summed E-state index contributed by atoms with van der Waals surface area (Å²) in [4.78, 5) is 10.3. The molecule has 0 aliphatic heterocycles. The van der Waals surface area contributed by atoms with Gasteiger partial charge in [0.15, 0.2) is 0 Å². The minimum atomic E-state index is 0. The van der Waals surface area contributed by atoms with E-state index in [0.29, 0.717) is 0 Å². The average Bonchev–Trinajstić information content (AvgIpc) is 3.10. The molecule has 2 aromatic carbocycles. The fraction of sp³-hybridized carbons (Fsp3) is 0.680. The molecule has 0 radical (unpaired) electrons. The van der Waals surface area contributed by atoms with Crippen molar-refractivity contribution >= 4 is 22.8 Å². The van der Waals surface area contributed by atoms with Gasteiger partial charge in [0, 0.05) is 22.9 Å². The third kappa shape index (κ3) is 26.3. The van der Waals surface area contributed by atoms with Gasteiger partial charge in [-0.3, -0.25) is 4.99 Å². The molecule has 0 N–H and O–H groups in total. The van der Waals surface area contributed by atoms with E-state index in [0.717, 1.165) is 48.5 Å². The quantitative estimate of drug-likeness (QED) is 0.0327. The molecule has 0 amide bonds. The topological polar surface area (TPSA) is 24.7 Å². The summed E-state index contributed by atoms with van der Waals surface area (Å²) >= 11 is 0. The molecule has 0 bridgehead atoms. The van der Waals surface area contributed by atoms with E-state index >= 15 is 0 Å². The number of nitrogens with zero attached hydrogens (tertiary/aromatic N) is 2. The van der Waals surface area contributed by atoms with Gasteiger partial charge >= 0.3 is 0 Å². The van der Waals surface area contributed by atoms with Crippen molar-refractivity contribution in [3.63, 3.8) is 0 Å². The largest absolute Gasteiger partial charge is 0.250 e. The van der Waals surface area contributed by atoms with Gasteiger partial charge in [0.2, 0.25) is 0 Å². The second-order valence-electron chi connectivity index (χ2n) is 16.0. The third-order valence-electron chi connectivity index (χ3n) is 10.3. The van der Waals surface area contributed by atoms with Crippen LogP contribution in [0, 0.1) is 39.5 Å². The molecule has 2 nitrogen and oxygen atoms in total. The fourth-order valence-corrected chi connectivity index (χ4v) is 7.37. The van der Waals surface area contributed by atoms with Crippen LogP contribution in [0.25, 0.3) is 0 Å². The number of hydrogen-bond acceptors (Lipinski definition) is 2. The molecular weight excluding hydrogens is 687 g/mol. The molecule has 0 saturated heterocycles. The Kier molecular flexibility index (Phi) is 30.6. The number of hydrogen-bond donors (Lipinski definition) is 0.